The minimum absolute atomic E-state index is 0.0252. The lowest BCUT2D eigenvalue weighted by molar-refractivity contribution is -0.123. The van der Waals surface area contributed by atoms with E-state index in [1.54, 1.807) is 0 Å². The van der Waals surface area contributed by atoms with Gasteiger partial charge in [-0.05, 0) is 30.9 Å². The Kier molecular flexibility index (Phi) is 4.69. The molecule has 0 spiro atoms. The van der Waals surface area contributed by atoms with Crippen molar-refractivity contribution in [1.82, 2.24) is 5.32 Å². The molecule has 1 aromatic rings. The number of fused-ring (bicyclic) bond motifs is 1. The maximum absolute atomic E-state index is 12.4. The summed E-state index contributed by atoms with van der Waals surface area (Å²) in [7, 11) is 0. The Morgan fingerprint density at radius 2 is 1.90 bits per heavy atom. The highest BCUT2D eigenvalue weighted by Crippen LogP contribution is 2.33. The fraction of sp³-hybridized carbons (Fsp3) is 0.588. The first-order valence-corrected chi connectivity index (χ1v) is 7.78. The molecule has 2 N–H and O–H groups in total. The van der Waals surface area contributed by atoms with Crippen LogP contribution in [-0.2, 0) is 4.79 Å². The Bertz CT molecular complexity index is 458. The molecule has 0 saturated carbocycles. The molecule has 0 saturated heterocycles. The molecule has 0 radical (unpaired) electrons. The Hall–Kier alpha value is -1.51. The van der Waals surface area contributed by atoms with Crippen LogP contribution in [0, 0.1) is 0 Å². The maximum Gasteiger partial charge on any atom is 0.221 e. The zero-order valence-electron chi connectivity index (χ0n) is 12.8. The summed E-state index contributed by atoms with van der Waals surface area (Å²) in [6.45, 7) is 7.32. The highest BCUT2D eigenvalue weighted by atomic mass is 16.1. The molecule has 1 aliphatic rings. The second-order valence-corrected chi connectivity index (χ2v) is 5.76. The third-order valence-electron chi connectivity index (χ3n) is 4.81. The SMILES string of the molecule is CCC(CC)(CC)NC(=O)CC1CNc2ccccc21. The lowest BCUT2D eigenvalue weighted by Gasteiger charge is -2.32. The van der Waals surface area contributed by atoms with Gasteiger partial charge in [-0.3, -0.25) is 4.79 Å². The van der Waals surface area contributed by atoms with Gasteiger partial charge in [0, 0.05) is 30.1 Å². The van der Waals surface area contributed by atoms with E-state index in [0.29, 0.717) is 12.3 Å². The third-order valence-corrected chi connectivity index (χ3v) is 4.81. The Morgan fingerprint density at radius 1 is 1.25 bits per heavy atom. The molecular weight excluding hydrogens is 248 g/mol. The molecular formula is C17H26N2O. The minimum atomic E-state index is -0.0252. The summed E-state index contributed by atoms with van der Waals surface area (Å²) in [5.74, 6) is 0.480. The molecule has 1 heterocycles. The fourth-order valence-corrected chi connectivity index (χ4v) is 3.12. The van der Waals surface area contributed by atoms with E-state index in [4.69, 9.17) is 0 Å². The van der Waals surface area contributed by atoms with E-state index in [0.717, 1.165) is 25.8 Å². The van der Waals surface area contributed by atoms with Crippen molar-refractivity contribution >= 4 is 11.6 Å². The average Bonchev–Trinajstić information content (AvgIpc) is 2.88. The molecule has 110 valence electrons. The lowest BCUT2D eigenvalue weighted by Crippen LogP contribution is -2.47. The van der Waals surface area contributed by atoms with Gasteiger partial charge in [0.15, 0.2) is 0 Å². The van der Waals surface area contributed by atoms with Gasteiger partial charge in [-0.1, -0.05) is 39.0 Å². The van der Waals surface area contributed by atoms with E-state index in [9.17, 15) is 4.79 Å². The van der Waals surface area contributed by atoms with Gasteiger partial charge < -0.3 is 10.6 Å². The van der Waals surface area contributed by atoms with E-state index >= 15 is 0 Å². The molecule has 0 fully saturated rings. The highest BCUT2D eigenvalue weighted by molar-refractivity contribution is 5.79. The van der Waals surface area contributed by atoms with Crippen molar-refractivity contribution in [2.24, 2.45) is 0 Å². The number of benzene rings is 1. The summed E-state index contributed by atoms with van der Waals surface area (Å²) >= 11 is 0. The van der Waals surface area contributed by atoms with Crippen molar-refractivity contribution < 1.29 is 4.79 Å². The summed E-state index contributed by atoms with van der Waals surface area (Å²) in [5.41, 5.74) is 2.43. The topological polar surface area (TPSA) is 41.1 Å². The predicted molar refractivity (Wildman–Crippen MR) is 84.0 cm³/mol. The van der Waals surface area contributed by atoms with Gasteiger partial charge >= 0.3 is 0 Å². The molecule has 0 aliphatic carbocycles. The van der Waals surface area contributed by atoms with Crippen LogP contribution in [0.3, 0.4) is 0 Å². The number of rotatable bonds is 6. The van der Waals surface area contributed by atoms with Gasteiger partial charge in [-0.2, -0.15) is 0 Å². The average molecular weight is 274 g/mol. The number of para-hydroxylation sites is 1. The number of hydrogen-bond donors (Lipinski definition) is 2. The quantitative estimate of drug-likeness (QED) is 0.831. The first-order chi connectivity index (χ1) is 9.64. The van der Waals surface area contributed by atoms with Crippen LogP contribution in [0.4, 0.5) is 5.69 Å². The van der Waals surface area contributed by atoms with Crippen LogP contribution in [-0.4, -0.2) is 18.0 Å². The Morgan fingerprint density at radius 3 is 2.55 bits per heavy atom. The molecule has 1 atom stereocenters. The normalized spacial score (nSPS) is 17.4. The van der Waals surface area contributed by atoms with Gasteiger partial charge in [-0.25, -0.2) is 0 Å². The number of carbonyl (C=O) groups excluding carboxylic acids is 1. The van der Waals surface area contributed by atoms with Crippen LogP contribution in [0.5, 0.6) is 0 Å². The summed E-state index contributed by atoms with van der Waals surface area (Å²) in [6, 6.07) is 8.29. The second kappa shape index (κ2) is 6.29. The maximum atomic E-state index is 12.4. The van der Waals surface area contributed by atoms with Crippen LogP contribution < -0.4 is 10.6 Å². The summed E-state index contributed by atoms with van der Waals surface area (Å²) in [5, 5.41) is 6.65. The van der Waals surface area contributed by atoms with Crippen LogP contribution in [0.2, 0.25) is 0 Å². The van der Waals surface area contributed by atoms with Gasteiger partial charge in [-0.15, -0.1) is 0 Å². The molecule has 1 unspecified atom stereocenters. The molecule has 1 amide bonds. The zero-order chi connectivity index (χ0) is 14.6. The van der Waals surface area contributed by atoms with Crippen LogP contribution in [0.25, 0.3) is 0 Å². The standard InChI is InChI=1S/C17H26N2O/c1-4-17(5-2,6-3)19-16(20)11-13-12-18-15-10-8-7-9-14(13)15/h7-10,13,18H,4-6,11-12H2,1-3H3,(H,19,20). The number of amides is 1. The number of anilines is 1. The van der Waals surface area contributed by atoms with Crippen molar-refractivity contribution in [3.63, 3.8) is 0 Å². The van der Waals surface area contributed by atoms with E-state index in [1.165, 1.54) is 11.3 Å². The zero-order valence-corrected chi connectivity index (χ0v) is 12.8. The van der Waals surface area contributed by atoms with E-state index in [2.05, 4.69) is 43.5 Å². The van der Waals surface area contributed by atoms with Gasteiger partial charge in [0.25, 0.3) is 0 Å². The van der Waals surface area contributed by atoms with Crippen molar-refractivity contribution in [3.8, 4) is 0 Å². The van der Waals surface area contributed by atoms with Crippen molar-refractivity contribution in [3.05, 3.63) is 29.8 Å². The van der Waals surface area contributed by atoms with Crippen molar-refractivity contribution in [2.45, 2.75) is 57.9 Å². The number of carbonyl (C=O) groups is 1. The lowest BCUT2D eigenvalue weighted by atomic mass is 9.89. The molecule has 1 aliphatic heterocycles. The monoisotopic (exact) mass is 274 g/mol. The highest BCUT2D eigenvalue weighted by Gasteiger charge is 2.29. The first kappa shape index (κ1) is 14.9. The summed E-state index contributed by atoms with van der Waals surface area (Å²) in [4.78, 5) is 12.4. The van der Waals surface area contributed by atoms with E-state index in [-0.39, 0.29) is 11.4 Å². The second-order valence-electron chi connectivity index (χ2n) is 5.76. The molecule has 1 aromatic carbocycles. The molecule has 20 heavy (non-hydrogen) atoms. The minimum Gasteiger partial charge on any atom is -0.384 e. The van der Waals surface area contributed by atoms with E-state index in [1.807, 2.05) is 12.1 Å². The predicted octanol–water partition coefficient (Wildman–Crippen LogP) is 3.67. The Balaban J connectivity index is 1.99. The van der Waals surface area contributed by atoms with Crippen LogP contribution in [0.1, 0.15) is 57.9 Å². The van der Waals surface area contributed by atoms with E-state index < -0.39 is 0 Å². The molecule has 3 nitrogen and oxygen atoms in total. The van der Waals surface area contributed by atoms with Gasteiger partial charge in [0.05, 0.1) is 0 Å². The van der Waals surface area contributed by atoms with Crippen molar-refractivity contribution in [2.75, 3.05) is 11.9 Å². The molecule has 2 rings (SSSR count). The third kappa shape index (κ3) is 2.97. The smallest absolute Gasteiger partial charge is 0.221 e. The van der Waals surface area contributed by atoms with Gasteiger partial charge in [0.2, 0.25) is 5.91 Å². The summed E-state index contributed by atoms with van der Waals surface area (Å²) < 4.78 is 0. The largest absolute Gasteiger partial charge is 0.384 e. The molecule has 0 bridgehead atoms. The first-order valence-electron chi connectivity index (χ1n) is 7.78. The van der Waals surface area contributed by atoms with Gasteiger partial charge in [0.1, 0.15) is 0 Å². The van der Waals surface area contributed by atoms with Crippen LogP contribution in [0.15, 0.2) is 24.3 Å². The summed E-state index contributed by atoms with van der Waals surface area (Å²) in [6.07, 6.45) is 3.55. The van der Waals surface area contributed by atoms with Crippen molar-refractivity contribution in [1.29, 1.82) is 0 Å². The Labute approximate surface area is 122 Å². The molecule has 0 aromatic heterocycles. The number of nitrogens with one attached hydrogen (secondary N) is 2. The van der Waals surface area contributed by atoms with Crippen LogP contribution >= 0.6 is 0 Å². The molecule has 3 heteroatoms. The fourth-order valence-electron chi connectivity index (χ4n) is 3.12. The number of hydrogen-bond acceptors (Lipinski definition) is 2.